The summed E-state index contributed by atoms with van der Waals surface area (Å²) in [6, 6.07) is 21.2. The summed E-state index contributed by atoms with van der Waals surface area (Å²) in [4.78, 5) is 8.81. The number of rotatable bonds is 3. The maximum absolute atomic E-state index is 8.81. The molecule has 0 heterocycles. The van der Waals surface area contributed by atoms with E-state index in [1.54, 1.807) is 0 Å². The van der Waals surface area contributed by atoms with E-state index in [0.29, 0.717) is 0 Å². The van der Waals surface area contributed by atoms with E-state index >= 15 is 0 Å². The third-order valence-electron chi connectivity index (χ3n) is 2.55. The summed E-state index contributed by atoms with van der Waals surface area (Å²) in [6.45, 7) is 1.44. The first-order chi connectivity index (χ1) is 8.83. The average molecular weight is 241 g/mol. The van der Waals surface area contributed by atoms with E-state index < -0.39 is 0 Å². The summed E-state index contributed by atoms with van der Waals surface area (Å²) in [6.07, 6.45) is 0.750. The molecule has 2 nitrogen and oxygen atoms in total. The smallest absolute Gasteiger partial charge is 0.116 e. The first kappa shape index (κ1) is 14.1. The third-order valence-corrected chi connectivity index (χ3v) is 2.55. The zero-order chi connectivity index (χ0) is 13.2. The van der Waals surface area contributed by atoms with Gasteiger partial charge in [-0.25, -0.2) is 0 Å². The van der Waals surface area contributed by atoms with Crippen LogP contribution in [0.5, 0.6) is 0 Å². The lowest BCUT2D eigenvalue weighted by Crippen LogP contribution is -2.17. The largest absolute Gasteiger partial charge is 0.309 e. The number of carbonyl (C=O) groups is 1. The number of hydrogen-bond donors (Lipinski definition) is 1. The molecule has 0 aliphatic carbocycles. The fraction of sp³-hybridized carbons (Fsp3) is 0.188. The summed E-state index contributed by atoms with van der Waals surface area (Å²) >= 11 is 0. The monoisotopic (exact) mass is 241 g/mol. The highest BCUT2D eigenvalue weighted by atomic mass is 16.1. The molecular weight excluding hydrogens is 222 g/mol. The highest BCUT2D eigenvalue weighted by Crippen LogP contribution is 2.20. The molecule has 0 saturated heterocycles. The summed E-state index contributed by atoms with van der Waals surface area (Å²) in [5.41, 5.74) is 2.59. The Bertz CT molecular complexity index is 400. The van der Waals surface area contributed by atoms with Gasteiger partial charge in [0.25, 0.3) is 0 Å². The lowest BCUT2D eigenvalue weighted by atomic mass is 9.99. The molecule has 2 rings (SSSR count). The first-order valence-corrected chi connectivity index (χ1v) is 6.00. The van der Waals surface area contributed by atoms with Crippen molar-refractivity contribution in [1.29, 1.82) is 0 Å². The van der Waals surface area contributed by atoms with E-state index in [-0.39, 0.29) is 6.04 Å². The molecule has 94 valence electrons. The molecule has 0 fully saturated rings. The molecule has 0 bridgehead atoms. The second-order valence-corrected chi connectivity index (χ2v) is 3.78. The van der Waals surface area contributed by atoms with Gasteiger partial charge in [0.15, 0.2) is 0 Å². The quantitative estimate of drug-likeness (QED) is 0.836. The van der Waals surface area contributed by atoms with E-state index in [4.69, 9.17) is 4.79 Å². The minimum absolute atomic E-state index is 0.285. The molecule has 0 aliphatic heterocycles. The van der Waals surface area contributed by atoms with Crippen molar-refractivity contribution in [3.8, 4) is 0 Å². The number of nitrogens with one attached hydrogen (secondary N) is 1. The maximum Gasteiger partial charge on any atom is 0.116 e. The van der Waals surface area contributed by atoms with Crippen LogP contribution in [-0.2, 0) is 4.79 Å². The number of hydrogen-bond acceptors (Lipinski definition) is 2. The summed E-state index contributed by atoms with van der Waals surface area (Å²) in [5, 5.41) is 3.33. The van der Waals surface area contributed by atoms with Crippen molar-refractivity contribution in [2.24, 2.45) is 0 Å². The molecular formula is C16H19NO. The molecule has 0 unspecified atom stereocenters. The second kappa shape index (κ2) is 8.20. The van der Waals surface area contributed by atoms with Crippen molar-refractivity contribution < 1.29 is 4.79 Å². The van der Waals surface area contributed by atoms with E-state index in [1.807, 2.05) is 19.2 Å². The Morgan fingerprint density at radius 2 is 1.22 bits per heavy atom. The fourth-order valence-corrected chi connectivity index (χ4v) is 1.82. The van der Waals surface area contributed by atoms with Crippen molar-refractivity contribution in [2.45, 2.75) is 13.0 Å². The highest BCUT2D eigenvalue weighted by molar-refractivity contribution is 5.44. The molecule has 0 spiro atoms. The lowest BCUT2D eigenvalue weighted by molar-refractivity contribution is -0.106. The van der Waals surface area contributed by atoms with Crippen molar-refractivity contribution >= 4 is 6.29 Å². The maximum atomic E-state index is 8.81. The van der Waals surface area contributed by atoms with Crippen molar-refractivity contribution in [3.63, 3.8) is 0 Å². The molecule has 0 aliphatic rings. The Morgan fingerprint density at radius 1 is 0.889 bits per heavy atom. The molecule has 0 radical (unpaired) electrons. The van der Waals surface area contributed by atoms with Crippen LogP contribution in [-0.4, -0.2) is 13.3 Å². The minimum Gasteiger partial charge on any atom is -0.309 e. The molecule has 0 amide bonds. The van der Waals surface area contributed by atoms with Crippen LogP contribution in [0.1, 0.15) is 24.1 Å². The standard InChI is InChI=1S/C14H15N.C2H4O/c1-15-14(12-8-4-2-5-9-12)13-10-6-3-7-11-13;1-2-3/h2-11,14-15H,1H3;2H,1H3. The van der Waals surface area contributed by atoms with Crippen LogP contribution in [0.3, 0.4) is 0 Å². The molecule has 2 aromatic carbocycles. The molecule has 0 atom stereocenters. The van der Waals surface area contributed by atoms with Gasteiger partial charge in [-0.15, -0.1) is 0 Å². The van der Waals surface area contributed by atoms with Gasteiger partial charge in [0, 0.05) is 0 Å². The molecule has 0 aromatic heterocycles. The first-order valence-electron chi connectivity index (χ1n) is 6.00. The molecule has 2 heteroatoms. The Labute approximate surface area is 109 Å². The van der Waals surface area contributed by atoms with Crippen LogP contribution in [0.4, 0.5) is 0 Å². The van der Waals surface area contributed by atoms with Gasteiger partial charge in [0.2, 0.25) is 0 Å². The Balaban J connectivity index is 0.000000492. The second-order valence-electron chi connectivity index (χ2n) is 3.78. The van der Waals surface area contributed by atoms with E-state index in [0.717, 1.165) is 6.29 Å². The Kier molecular flexibility index (Phi) is 6.44. The SMILES string of the molecule is CC=O.CNC(c1ccccc1)c1ccccc1. The van der Waals surface area contributed by atoms with Gasteiger partial charge in [-0.3, -0.25) is 0 Å². The van der Waals surface area contributed by atoms with Crippen LogP contribution in [0, 0.1) is 0 Å². The number of benzene rings is 2. The van der Waals surface area contributed by atoms with Crippen LogP contribution in [0.15, 0.2) is 60.7 Å². The van der Waals surface area contributed by atoms with E-state index in [2.05, 4.69) is 53.8 Å². The molecule has 1 N–H and O–H groups in total. The van der Waals surface area contributed by atoms with Gasteiger partial charge >= 0.3 is 0 Å². The Hall–Kier alpha value is -1.93. The zero-order valence-electron chi connectivity index (χ0n) is 10.8. The summed E-state index contributed by atoms with van der Waals surface area (Å²) < 4.78 is 0. The average Bonchev–Trinajstić information content (AvgIpc) is 2.43. The predicted octanol–water partition coefficient (Wildman–Crippen LogP) is 3.20. The molecule has 18 heavy (non-hydrogen) atoms. The van der Waals surface area contributed by atoms with Gasteiger partial charge in [-0.2, -0.15) is 0 Å². The van der Waals surface area contributed by atoms with Gasteiger partial charge < -0.3 is 10.1 Å². The van der Waals surface area contributed by atoms with Gasteiger partial charge in [0.05, 0.1) is 6.04 Å². The van der Waals surface area contributed by atoms with Crippen LogP contribution in [0.25, 0.3) is 0 Å². The van der Waals surface area contributed by atoms with Crippen LogP contribution in [0.2, 0.25) is 0 Å². The van der Waals surface area contributed by atoms with Gasteiger partial charge in [0.1, 0.15) is 6.29 Å². The topological polar surface area (TPSA) is 29.1 Å². The van der Waals surface area contributed by atoms with Crippen LogP contribution >= 0.6 is 0 Å². The minimum atomic E-state index is 0.285. The lowest BCUT2D eigenvalue weighted by Gasteiger charge is -2.16. The van der Waals surface area contributed by atoms with Gasteiger partial charge in [-0.05, 0) is 25.1 Å². The fourth-order valence-electron chi connectivity index (χ4n) is 1.82. The normalized spacial score (nSPS) is 9.50. The Morgan fingerprint density at radius 3 is 1.50 bits per heavy atom. The predicted molar refractivity (Wildman–Crippen MR) is 75.5 cm³/mol. The zero-order valence-corrected chi connectivity index (χ0v) is 10.8. The summed E-state index contributed by atoms with van der Waals surface area (Å²) in [5.74, 6) is 0. The van der Waals surface area contributed by atoms with Crippen molar-refractivity contribution in [2.75, 3.05) is 7.05 Å². The highest BCUT2D eigenvalue weighted by Gasteiger charge is 2.09. The van der Waals surface area contributed by atoms with Crippen molar-refractivity contribution in [3.05, 3.63) is 71.8 Å². The number of carbonyl (C=O) groups excluding carboxylic acids is 1. The molecule has 2 aromatic rings. The van der Waals surface area contributed by atoms with E-state index in [9.17, 15) is 0 Å². The van der Waals surface area contributed by atoms with E-state index in [1.165, 1.54) is 18.1 Å². The molecule has 0 saturated carbocycles. The van der Waals surface area contributed by atoms with Crippen molar-refractivity contribution in [1.82, 2.24) is 5.32 Å². The third kappa shape index (κ3) is 4.15. The van der Waals surface area contributed by atoms with Crippen LogP contribution < -0.4 is 5.32 Å². The summed E-state index contributed by atoms with van der Waals surface area (Å²) in [7, 11) is 1.99. The van der Waals surface area contributed by atoms with Gasteiger partial charge in [-0.1, -0.05) is 60.7 Å². The number of aldehydes is 1.